The molecule has 12 atom stereocenters. The fraction of sp³-hybridized carbons (Fsp3) is 0.400. The highest BCUT2D eigenvalue weighted by atomic mass is 16.6. The maximum Gasteiger partial charge on any atom is 0.225 e. The number of aliphatic hydroxyl groups is 6. The summed E-state index contributed by atoms with van der Waals surface area (Å²) in [6, 6.07) is 25.9. The highest BCUT2D eigenvalue weighted by Crippen LogP contribution is 2.46. The monoisotopic (exact) mass is 959 g/mol. The van der Waals surface area contributed by atoms with Gasteiger partial charge in [0.1, 0.15) is 96.5 Å². The first kappa shape index (κ1) is 49.0. The van der Waals surface area contributed by atoms with Crippen molar-refractivity contribution in [3.8, 4) is 18.2 Å². The largest absolute Gasteiger partial charge is 0.394 e. The van der Waals surface area contributed by atoms with Crippen LogP contribution < -0.4 is 17.2 Å². The van der Waals surface area contributed by atoms with Crippen LogP contribution in [0.2, 0.25) is 0 Å². The van der Waals surface area contributed by atoms with Crippen molar-refractivity contribution in [1.82, 2.24) is 43.8 Å². The van der Waals surface area contributed by atoms with Gasteiger partial charge in [-0.15, -0.1) is 0 Å². The number of anilines is 3. The number of hydrogen-bond donors (Lipinski definition) is 9. The lowest BCUT2D eigenvalue weighted by Gasteiger charge is -2.28. The second kappa shape index (κ2) is 19.5. The summed E-state index contributed by atoms with van der Waals surface area (Å²) in [5.41, 5.74) is 16.1. The minimum atomic E-state index is -1.85. The summed E-state index contributed by atoms with van der Waals surface area (Å²) in [4.78, 5) is 11.7. The molecule has 25 nitrogen and oxygen atoms in total. The molecule has 3 aliphatic rings. The SMILES string of the molecule is CC[C@H]1O[C@@](C#N)(c2ccc3c(N)ncnn23)[C@H](OCc2ccccc2)[C@@H]1C.N#C[C@@]1(c2ccc3c(N)ncnn23)O[C@H](CO)[C@@H](O)[C@H]1O.N#C[C@]1(c2ccc3c(N)ncnn23)O[C@H](CO)[C@@H](O)[C@H]1O. The van der Waals surface area contributed by atoms with Crippen LogP contribution in [0.5, 0.6) is 0 Å². The van der Waals surface area contributed by atoms with Gasteiger partial charge in [0.15, 0.2) is 17.5 Å². The number of benzene rings is 1. The van der Waals surface area contributed by atoms with Crippen molar-refractivity contribution in [3.63, 3.8) is 0 Å². The maximum absolute atomic E-state index is 10.3. The summed E-state index contributed by atoms with van der Waals surface area (Å²) in [5.74, 6) is 0.805. The van der Waals surface area contributed by atoms with Gasteiger partial charge >= 0.3 is 0 Å². The van der Waals surface area contributed by atoms with Crippen molar-refractivity contribution in [3.05, 3.63) is 108 Å². The highest BCUT2D eigenvalue weighted by Gasteiger charge is 2.59. The summed E-state index contributed by atoms with van der Waals surface area (Å²) >= 11 is 0. The van der Waals surface area contributed by atoms with Crippen molar-refractivity contribution in [1.29, 1.82) is 15.8 Å². The third kappa shape index (κ3) is 7.93. The van der Waals surface area contributed by atoms with E-state index in [4.69, 9.17) is 36.1 Å². The Morgan fingerprint density at radius 2 is 0.986 bits per heavy atom. The van der Waals surface area contributed by atoms with Crippen LogP contribution in [0.25, 0.3) is 16.6 Å². The van der Waals surface area contributed by atoms with Crippen LogP contribution >= 0.6 is 0 Å². The minimum absolute atomic E-state index is 0.0399. The van der Waals surface area contributed by atoms with E-state index in [2.05, 4.69) is 50.2 Å². The number of nitrogens with zero attached hydrogens (tertiary/aromatic N) is 12. The molecule has 0 aliphatic carbocycles. The second-order valence-corrected chi connectivity index (χ2v) is 16.7. The summed E-state index contributed by atoms with van der Waals surface area (Å²) < 4.78 is 27.8. The summed E-state index contributed by atoms with van der Waals surface area (Å²) in [6.45, 7) is 3.48. The normalized spacial score (nSPS) is 30.3. The number of fused-ring (bicyclic) bond motifs is 3. The van der Waals surface area contributed by atoms with Gasteiger partial charge in [-0.3, -0.25) is 0 Å². The van der Waals surface area contributed by atoms with Crippen LogP contribution in [0, 0.1) is 39.9 Å². The van der Waals surface area contributed by atoms with Gasteiger partial charge in [-0.1, -0.05) is 44.2 Å². The Morgan fingerprint density at radius 3 is 1.34 bits per heavy atom. The Balaban J connectivity index is 0.000000143. The maximum atomic E-state index is 10.3. The van der Waals surface area contributed by atoms with Crippen molar-refractivity contribution in [2.24, 2.45) is 5.92 Å². The summed E-state index contributed by atoms with van der Waals surface area (Å²) in [5, 5.41) is 100. The first-order valence-electron chi connectivity index (χ1n) is 21.8. The number of aromatic nitrogens is 9. The fourth-order valence-corrected chi connectivity index (χ4v) is 9.18. The molecule has 0 radical (unpaired) electrons. The lowest BCUT2D eigenvalue weighted by atomic mass is 9.87. The number of nitrogens with two attached hydrogens (primary N) is 3. The van der Waals surface area contributed by atoms with E-state index in [1.54, 1.807) is 16.6 Å². The minimum Gasteiger partial charge on any atom is -0.394 e. The molecule has 12 N–H and O–H groups in total. The Labute approximate surface area is 397 Å². The summed E-state index contributed by atoms with van der Waals surface area (Å²) in [6.07, 6.45) is -3.93. The Hall–Kier alpha value is -7.45. The van der Waals surface area contributed by atoms with Crippen molar-refractivity contribution in [2.75, 3.05) is 30.4 Å². The molecule has 6 aromatic heterocycles. The molecule has 0 saturated carbocycles. The lowest BCUT2D eigenvalue weighted by Crippen LogP contribution is -2.40. The average molecular weight is 960 g/mol. The van der Waals surface area contributed by atoms with E-state index in [1.165, 1.54) is 40.1 Å². The molecule has 70 heavy (non-hydrogen) atoms. The van der Waals surface area contributed by atoms with Crippen molar-refractivity contribution < 1.29 is 49.6 Å². The molecule has 0 spiro atoms. The van der Waals surface area contributed by atoms with Crippen molar-refractivity contribution >= 4 is 34.0 Å². The van der Waals surface area contributed by atoms with Gasteiger partial charge in [0, 0.05) is 5.92 Å². The second-order valence-electron chi connectivity index (χ2n) is 16.7. The van der Waals surface area contributed by atoms with Gasteiger partial charge in [0.05, 0.1) is 43.0 Å². The predicted octanol–water partition coefficient (Wildman–Crippen LogP) is -0.653. The van der Waals surface area contributed by atoms with E-state index in [0.717, 1.165) is 12.0 Å². The third-order valence-corrected chi connectivity index (χ3v) is 12.8. The van der Waals surface area contributed by atoms with Crippen LogP contribution in [0.4, 0.5) is 17.5 Å². The van der Waals surface area contributed by atoms with Crippen LogP contribution in [-0.2, 0) is 42.4 Å². The molecule has 7 aromatic rings. The Bertz CT molecular complexity index is 2990. The molecule has 3 saturated heterocycles. The molecule has 0 amide bonds. The number of nitriles is 3. The van der Waals surface area contributed by atoms with Gasteiger partial charge in [-0.2, -0.15) is 31.1 Å². The van der Waals surface area contributed by atoms with E-state index in [-0.39, 0.29) is 35.0 Å². The first-order chi connectivity index (χ1) is 33.7. The molecule has 3 fully saturated rings. The van der Waals surface area contributed by atoms with E-state index < -0.39 is 72.7 Å². The Kier molecular flexibility index (Phi) is 13.7. The number of hydrogen-bond acceptors (Lipinski definition) is 22. The molecule has 0 unspecified atom stereocenters. The number of nitrogen functional groups attached to an aromatic ring is 3. The van der Waals surface area contributed by atoms with Gasteiger partial charge in [-0.25, -0.2) is 28.5 Å². The molecule has 3 aliphatic heterocycles. The zero-order valence-corrected chi connectivity index (χ0v) is 37.5. The predicted molar refractivity (Wildman–Crippen MR) is 241 cm³/mol. The zero-order chi connectivity index (χ0) is 50.1. The fourth-order valence-electron chi connectivity index (χ4n) is 9.18. The van der Waals surface area contributed by atoms with Crippen LogP contribution in [0.1, 0.15) is 42.9 Å². The van der Waals surface area contributed by atoms with Crippen molar-refractivity contribution in [2.45, 2.75) is 92.5 Å². The standard InChI is InChI=1S/C21H23N5O2.2C12H13N5O4/c1-3-17-14(2)19(27-11-15-7-5-4-6-8-15)21(12-22,28-17)18-10-9-16-20(23)24-13-25-26(16)18;2*13-4-12(10(20)9(19)7(3-18)21-12)8-2-1-6-11(14)15-5-16-17(6)8/h4-10,13-14,17,19H,3,11H2,1-2H3,(H2,23,24,25);2*1-2,5,7,9-10,18-20H,3H2,(H2,14,15,16)/t14-,17-,19-,21+;7-,9-,10-,12+;7-,9-,10-,12-/m111/s1. The quantitative estimate of drug-likeness (QED) is 0.0867. The molecular weight excluding hydrogens is 911 g/mol. The highest BCUT2D eigenvalue weighted by molar-refractivity contribution is 5.67. The third-order valence-electron chi connectivity index (χ3n) is 12.8. The molecule has 364 valence electrons. The van der Waals surface area contributed by atoms with Crippen LogP contribution in [0.3, 0.4) is 0 Å². The van der Waals surface area contributed by atoms with Gasteiger partial charge < -0.3 is 66.8 Å². The molecule has 0 bridgehead atoms. The van der Waals surface area contributed by atoms with Crippen LogP contribution in [-0.4, -0.2) is 136 Å². The lowest BCUT2D eigenvalue weighted by molar-refractivity contribution is -0.0817. The first-order valence-corrected chi connectivity index (χ1v) is 21.8. The summed E-state index contributed by atoms with van der Waals surface area (Å²) in [7, 11) is 0. The van der Waals surface area contributed by atoms with E-state index >= 15 is 0 Å². The molecule has 10 rings (SSSR count). The van der Waals surface area contributed by atoms with E-state index in [9.17, 15) is 46.4 Å². The molecule has 9 heterocycles. The smallest absolute Gasteiger partial charge is 0.225 e. The average Bonchev–Trinajstić information content (AvgIpc) is 4.24. The van der Waals surface area contributed by atoms with Gasteiger partial charge in [0.2, 0.25) is 16.8 Å². The number of aliphatic hydroxyl groups excluding tert-OH is 6. The topological polar surface area (TPSA) is 398 Å². The zero-order valence-electron chi connectivity index (χ0n) is 37.5. The van der Waals surface area contributed by atoms with Gasteiger partial charge in [-0.05, 0) is 48.4 Å². The molecule has 1 aromatic carbocycles. The van der Waals surface area contributed by atoms with E-state index in [0.29, 0.717) is 34.7 Å². The molecule has 25 heteroatoms. The van der Waals surface area contributed by atoms with E-state index in [1.807, 2.05) is 54.6 Å². The van der Waals surface area contributed by atoms with Crippen LogP contribution in [0.15, 0.2) is 85.7 Å². The number of ether oxygens (including phenoxy) is 4. The molecular formula is C45H49N15O10. The van der Waals surface area contributed by atoms with Gasteiger partial charge in [0.25, 0.3) is 0 Å². The Morgan fingerprint density at radius 1 is 0.600 bits per heavy atom. The number of rotatable bonds is 9.